The zero-order valence-electron chi connectivity index (χ0n) is 12.9. The van der Waals surface area contributed by atoms with Gasteiger partial charge in [0.05, 0.1) is 12.3 Å². The van der Waals surface area contributed by atoms with E-state index in [2.05, 4.69) is 5.32 Å². The minimum Gasteiger partial charge on any atom is -0.450 e. The molecule has 0 spiro atoms. The fraction of sp³-hybridized carbons (Fsp3) is 0.250. The highest BCUT2D eigenvalue weighted by Crippen LogP contribution is 2.24. The van der Waals surface area contributed by atoms with Gasteiger partial charge in [0.25, 0.3) is 6.08 Å². The molecule has 0 bridgehead atoms. The summed E-state index contributed by atoms with van der Waals surface area (Å²) < 4.78 is 30.6. The Kier molecular flexibility index (Phi) is 6.25. The van der Waals surface area contributed by atoms with E-state index in [9.17, 15) is 18.4 Å². The Hall–Kier alpha value is -2.48. The first kappa shape index (κ1) is 17.9. The summed E-state index contributed by atoms with van der Waals surface area (Å²) in [4.78, 5) is 23.2. The quantitative estimate of drug-likeness (QED) is 0.841. The molecule has 0 radical (unpaired) electrons. The molecule has 2 rings (SSSR count). The fourth-order valence-corrected chi connectivity index (χ4v) is 2.90. The monoisotopic (exact) mass is 354 g/mol. The maximum atomic E-state index is 12.1. The molecule has 1 N–H and O–H groups in total. The first-order valence-corrected chi connectivity index (χ1v) is 8.13. The minimum atomic E-state index is -1.76. The lowest BCUT2D eigenvalue weighted by molar-refractivity contribution is 0.168. The van der Waals surface area contributed by atoms with Crippen molar-refractivity contribution in [3.63, 3.8) is 0 Å². The number of halogens is 2. The zero-order chi connectivity index (χ0) is 17.5. The van der Waals surface area contributed by atoms with Crippen molar-refractivity contribution in [3.05, 3.63) is 51.5 Å². The molecule has 1 heterocycles. The number of anilines is 1. The molecule has 1 amide bonds. The summed E-state index contributed by atoms with van der Waals surface area (Å²) in [5.41, 5.74) is 1.84. The van der Waals surface area contributed by atoms with Crippen LogP contribution in [0.15, 0.2) is 46.6 Å². The number of amides is 1. The van der Waals surface area contributed by atoms with Crippen LogP contribution < -0.4 is 10.2 Å². The van der Waals surface area contributed by atoms with Crippen molar-refractivity contribution < 1.29 is 18.3 Å². The predicted molar refractivity (Wildman–Crippen MR) is 89.6 cm³/mol. The summed E-state index contributed by atoms with van der Waals surface area (Å²) in [6, 6.07) is 6.89. The minimum absolute atomic E-state index is 0.0622. The summed E-state index contributed by atoms with van der Waals surface area (Å²) in [7, 11) is 0. The van der Waals surface area contributed by atoms with Gasteiger partial charge in [-0.1, -0.05) is 23.5 Å². The highest BCUT2D eigenvalue weighted by Gasteiger charge is 2.10. The second-order valence-electron chi connectivity index (χ2n) is 4.75. The number of carbonyl (C=O) groups is 1. The molecule has 8 heteroatoms. The van der Waals surface area contributed by atoms with Crippen molar-refractivity contribution in [2.24, 2.45) is 0 Å². The van der Waals surface area contributed by atoms with E-state index in [1.807, 2.05) is 0 Å². The maximum Gasteiger partial charge on any atom is 0.411 e. The molecule has 0 atom stereocenters. The van der Waals surface area contributed by atoms with E-state index in [0.29, 0.717) is 16.9 Å². The Morgan fingerprint density at radius 3 is 2.92 bits per heavy atom. The second kappa shape index (κ2) is 8.39. The summed E-state index contributed by atoms with van der Waals surface area (Å²) in [6.45, 7) is 2.12. The number of hydrogen-bond acceptors (Lipinski definition) is 4. The van der Waals surface area contributed by atoms with Crippen LogP contribution in [-0.4, -0.2) is 17.3 Å². The lowest BCUT2D eigenvalue weighted by atomic mass is 10.1. The van der Waals surface area contributed by atoms with Crippen molar-refractivity contribution in [2.75, 3.05) is 11.9 Å². The van der Waals surface area contributed by atoms with Crippen LogP contribution in [0, 0.1) is 0 Å². The third-order valence-corrected chi connectivity index (χ3v) is 3.88. The molecule has 1 aromatic heterocycles. The third-order valence-electron chi connectivity index (χ3n) is 3.11. The van der Waals surface area contributed by atoms with Crippen LogP contribution in [-0.2, 0) is 11.3 Å². The summed E-state index contributed by atoms with van der Waals surface area (Å²) in [5.74, 6) is 0. The number of aromatic nitrogens is 1. The van der Waals surface area contributed by atoms with Gasteiger partial charge in [-0.2, -0.15) is 8.78 Å². The van der Waals surface area contributed by atoms with Gasteiger partial charge in [0.2, 0.25) is 0 Å². The highest BCUT2D eigenvalue weighted by molar-refractivity contribution is 7.07. The van der Waals surface area contributed by atoms with Crippen LogP contribution >= 0.6 is 11.3 Å². The smallest absolute Gasteiger partial charge is 0.411 e. The van der Waals surface area contributed by atoms with Crippen molar-refractivity contribution in [1.82, 2.24) is 4.57 Å². The fourth-order valence-electron chi connectivity index (χ4n) is 2.11. The molecule has 0 saturated heterocycles. The Balaban J connectivity index is 2.24. The highest BCUT2D eigenvalue weighted by atomic mass is 32.1. The number of nitrogens with one attached hydrogen (secondary N) is 1. The van der Waals surface area contributed by atoms with Gasteiger partial charge in [-0.05, 0) is 31.6 Å². The van der Waals surface area contributed by atoms with E-state index in [1.54, 1.807) is 36.6 Å². The molecule has 24 heavy (non-hydrogen) atoms. The number of allylic oxidation sites excluding steroid dienone is 1. The van der Waals surface area contributed by atoms with E-state index in [-0.39, 0.29) is 24.4 Å². The van der Waals surface area contributed by atoms with Gasteiger partial charge in [0.1, 0.15) is 0 Å². The molecular weight excluding hydrogens is 338 g/mol. The average Bonchev–Trinajstić information content (AvgIpc) is 2.89. The van der Waals surface area contributed by atoms with Crippen LogP contribution in [0.2, 0.25) is 0 Å². The van der Waals surface area contributed by atoms with Crippen LogP contribution in [0.5, 0.6) is 0 Å². The lowest BCUT2D eigenvalue weighted by Gasteiger charge is -2.09. The van der Waals surface area contributed by atoms with Gasteiger partial charge in [-0.25, -0.2) is 4.79 Å². The Labute approximate surface area is 141 Å². The third kappa shape index (κ3) is 4.76. The van der Waals surface area contributed by atoms with Crippen LogP contribution in [0.4, 0.5) is 19.3 Å². The number of hydrogen-bond donors (Lipinski definition) is 1. The summed E-state index contributed by atoms with van der Waals surface area (Å²) in [5, 5.41) is 4.25. The number of rotatable bonds is 6. The zero-order valence-corrected chi connectivity index (χ0v) is 13.7. The SMILES string of the molecule is CCOC(=O)Nc1cccc(-c2csc(=O)n2CCC=C(F)F)c1. The maximum absolute atomic E-state index is 12.1. The summed E-state index contributed by atoms with van der Waals surface area (Å²) in [6.07, 6.45) is -1.49. The molecule has 0 saturated carbocycles. The van der Waals surface area contributed by atoms with Gasteiger partial charge < -0.3 is 4.74 Å². The van der Waals surface area contributed by atoms with Crippen molar-refractivity contribution in [1.29, 1.82) is 0 Å². The second-order valence-corrected chi connectivity index (χ2v) is 5.57. The average molecular weight is 354 g/mol. The molecule has 0 aliphatic heterocycles. The van der Waals surface area contributed by atoms with Gasteiger partial charge in [-0.3, -0.25) is 14.7 Å². The van der Waals surface area contributed by atoms with Gasteiger partial charge in [0.15, 0.2) is 0 Å². The number of carbonyl (C=O) groups excluding carboxylic acids is 1. The molecule has 0 aliphatic carbocycles. The molecule has 2 aromatic rings. The van der Waals surface area contributed by atoms with Crippen molar-refractivity contribution in [2.45, 2.75) is 19.9 Å². The first-order chi connectivity index (χ1) is 11.5. The van der Waals surface area contributed by atoms with Crippen LogP contribution in [0.1, 0.15) is 13.3 Å². The summed E-state index contributed by atoms with van der Waals surface area (Å²) >= 11 is 1.000. The predicted octanol–water partition coefficient (Wildman–Crippen LogP) is 4.32. The number of benzene rings is 1. The topological polar surface area (TPSA) is 60.3 Å². The molecule has 1 aromatic carbocycles. The normalized spacial score (nSPS) is 10.3. The van der Waals surface area contributed by atoms with E-state index in [4.69, 9.17) is 4.74 Å². The van der Waals surface area contributed by atoms with E-state index in [0.717, 1.165) is 17.4 Å². The largest absolute Gasteiger partial charge is 0.450 e. The van der Waals surface area contributed by atoms with Gasteiger partial charge >= 0.3 is 11.0 Å². The number of ether oxygens (including phenoxy) is 1. The molecule has 0 aliphatic rings. The van der Waals surface area contributed by atoms with Crippen LogP contribution in [0.25, 0.3) is 11.3 Å². The Morgan fingerprint density at radius 2 is 2.21 bits per heavy atom. The lowest BCUT2D eigenvalue weighted by Crippen LogP contribution is -2.15. The first-order valence-electron chi connectivity index (χ1n) is 7.25. The van der Waals surface area contributed by atoms with Gasteiger partial charge in [-0.15, -0.1) is 0 Å². The van der Waals surface area contributed by atoms with E-state index < -0.39 is 12.2 Å². The molecule has 0 fully saturated rings. The molecule has 0 unspecified atom stereocenters. The number of thiazole rings is 1. The standard InChI is InChI=1S/C16H16F2N2O3S/c1-2-23-15(21)19-12-6-3-5-11(9-12)13-10-24-16(22)20(13)8-4-7-14(17)18/h3,5-7,9-10H,2,4,8H2,1H3,(H,19,21). The molecule has 5 nitrogen and oxygen atoms in total. The Morgan fingerprint density at radius 1 is 1.42 bits per heavy atom. The van der Waals surface area contributed by atoms with Gasteiger partial charge in [0, 0.05) is 23.2 Å². The van der Waals surface area contributed by atoms with Crippen molar-refractivity contribution in [3.8, 4) is 11.3 Å². The number of nitrogens with zero attached hydrogens (tertiary/aromatic N) is 1. The van der Waals surface area contributed by atoms with E-state index in [1.165, 1.54) is 4.57 Å². The Bertz CT molecular complexity index is 795. The molecule has 128 valence electrons. The van der Waals surface area contributed by atoms with E-state index >= 15 is 0 Å². The van der Waals surface area contributed by atoms with Crippen molar-refractivity contribution >= 4 is 23.1 Å². The molecular formula is C16H16F2N2O3S. The van der Waals surface area contributed by atoms with Crippen LogP contribution in [0.3, 0.4) is 0 Å².